The van der Waals surface area contributed by atoms with Gasteiger partial charge in [-0.2, -0.15) is 0 Å². The van der Waals surface area contributed by atoms with Crippen molar-refractivity contribution in [3.63, 3.8) is 0 Å². The van der Waals surface area contributed by atoms with E-state index in [0.29, 0.717) is 12.8 Å². The zero-order chi connectivity index (χ0) is 47.1. The summed E-state index contributed by atoms with van der Waals surface area (Å²) >= 11 is 0. The van der Waals surface area contributed by atoms with Crippen molar-refractivity contribution in [1.82, 2.24) is 0 Å². The number of unbranched alkanes of at least 4 members (excludes halogenated alkanes) is 30. The lowest BCUT2D eigenvalue weighted by atomic mass is 9.85. The lowest BCUT2D eigenvalue weighted by Gasteiger charge is -2.41. The van der Waals surface area contributed by atoms with Gasteiger partial charge in [0.1, 0.15) is 43.2 Å². The third-order valence-corrected chi connectivity index (χ3v) is 13.3. The van der Waals surface area contributed by atoms with E-state index in [2.05, 4.69) is 26.0 Å². The van der Waals surface area contributed by atoms with E-state index >= 15 is 0 Å². The first-order chi connectivity index (χ1) is 30.9. The summed E-state index contributed by atoms with van der Waals surface area (Å²) in [5.74, 6) is -1.09. The highest BCUT2D eigenvalue weighted by Crippen LogP contribution is 2.47. The highest BCUT2D eigenvalue weighted by Gasteiger charge is 2.51. The van der Waals surface area contributed by atoms with Gasteiger partial charge in [0.25, 0.3) is 0 Å². The van der Waals surface area contributed by atoms with E-state index in [9.17, 15) is 44.6 Å². The second-order valence-electron chi connectivity index (χ2n) is 18.4. The SMILES string of the molecule is CCCCCC/C=C/CCCCCCCCCC(=O)O[C@@H](COC(=O)CCCCCCCCCCCCCCCCCCCCCC)COP(=O)(O)OC1C(O)C(O)C(O)[C@H](O)C1O. The molecule has 1 saturated carbocycles. The standard InChI is InChI=1S/C50H95O13P/c1-3-5-7-9-11-13-15-17-19-20-21-22-23-25-26-28-30-32-34-36-38-43(51)60-40-42(41-61-64(58,59)63-50-48(56)46(54)45(53)47(55)49(50)57)62-44(52)39-37-35-33-31-29-27-24-18-16-14-12-10-8-6-4-2/h14,16,42,45-50,53-57H,3-13,15,17-41H2,1-2H3,(H,58,59)/b16-14+/t42-,45?,46-,47?,48?,49?,50?/m0/s1. The number of carbonyl (C=O) groups excluding carboxylic acids is 2. The van der Waals surface area contributed by atoms with Gasteiger partial charge < -0.3 is 39.9 Å². The Kier molecular flexibility index (Phi) is 38.5. The van der Waals surface area contributed by atoms with Gasteiger partial charge in [-0.25, -0.2) is 4.57 Å². The van der Waals surface area contributed by atoms with Crippen LogP contribution in [-0.2, 0) is 32.7 Å². The van der Waals surface area contributed by atoms with Gasteiger partial charge >= 0.3 is 19.8 Å². The van der Waals surface area contributed by atoms with Crippen LogP contribution < -0.4 is 0 Å². The number of aliphatic hydroxyl groups is 5. The van der Waals surface area contributed by atoms with Crippen molar-refractivity contribution in [3.8, 4) is 0 Å². The summed E-state index contributed by atoms with van der Waals surface area (Å²) < 4.78 is 33.6. The summed E-state index contributed by atoms with van der Waals surface area (Å²) in [7, 11) is -5.12. The molecule has 0 heterocycles. The number of hydrogen-bond donors (Lipinski definition) is 6. The Morgan fingerprint density at radius 3 is 1.20 bits per heavy atom. The van der Waals surface area contributed by atoms with Crippen LogP contribution in [0.3, 0.4) is 0 Å². The van der Waals surface area contributed by atoms with Gasteiger partial charge in [0, 0.05) is 12.8 Å². The summed E-state index contributed by atoms with van der Waals surface area (Å²) in [6.45, 7) is 3.32. The maximum Gasteiger partial charge on any atom is 0.472 e. The molecule has 0 saturated heterocycles. The van der Waals surface area contributed by atoms with Crippen LogP contribution in [0.1, 0.15) is 239 Å². The number of rotatable bonds is 44. The van der Waals surface area contributed by atoms with E-state index < -0.39 is 75.7 Å². The molecule has 378 valence electrons. The zero-order valence-corrected chi connectivity index (χ0v) is 41.2. The molecule has 0 aliphatic heterocycles. The number of allylic oxidation sites excluding steroid dienone is 2. The average molecular weight is 935 g/mol. The fourth-order valence-corrected chi connectivity index (χ4v) is 9.14. The molecule has 1 aliphatic rings. The largest absolute Gasteiger partial charge is 0.472 e. The monoisotopic (exact) mass is 935 g/mol. The van der Waals surface area contributed by atoms with Crippen LogP contribution >= 0.6 is 7.82 Å². The predicted molar refractivity (Wildman–Crippen MR) is 254 cm³/mol. The Morgan fingerprint density at radius 1 is 0.469 bits per heavy atom. The third kappa shape index (κ3) is 32.3. The third-order valence-electron chi connectivity index (χ3n) is 12.4. The van der Waals surface area contributed by atoms with E-state index in [4.69, 9.17) is 18.5 Å². The number of phosphoric acid groups is 1. The second-order valence-corrected chi connectivity index (χ2v) is 19.8. The van der Waals surface area contributed by atoms with Crippen molar-refractivity contribution >= 4 is 19.8 Å². The minimum Gasteiger partial charge on any atom is -0.462 e. The summed E-state index contributed by atoms with van der Waals surface area (Å²) in [6.07, 6.45) is 31.2. The first-order valence-electron chi connectivity index (χ1n) is 26.0. The Balaban J connectivity index is 2.37. The van der Waals surface area contributed by atoms with Gasteiger partial charge in [0.15, 0.2) is 6.10 Å². The molecule has 0 aromatic heterocycles. The predicted octanol–water partition coefficient (Wildman–Crippen LogP) is 11.0. The van der Waals surface area contributed by atoms with E-state index in [1.54, 1.807) is 0 Å². The normalized spacial score (nSPS) is 21.6. The quantitative estimate of drug-likeness (QED) is 0.0146. The van der Waals surface area contributed by atoms with Gasteiger partial charge in [-0.3, -0.25) is 18.6 Å². The van der Waals surface area contributed by atoms with Crippen LogP contribution in [0.25, 0.3) is 0 Å². The van der Waals surface area contributed by atoms with Gasteiger partial charge in [-0.1, -0.05) is 199 Å². The Hall–Kier alpha value is -1.41. The molecule has 0 bridgehead atoms. The summed E-state index contributed by atoms with van der Waals surface area (Å²) in [4.78, 5) is 35.8. The highest BCUT2D eigenvalue weighted by atomic mass is 31.2. The Bertz CT molecular complexity index is 1170. The maximum absolute atomic E-state index is 12.8. The van der Waals surface area contributed by atoms with Crippen LogP contribution in [0.15, 0.2) is 12.2 Å². The van der Waals surface area contributed by atoms with Crippen molar-refractivity contribution in [2.45, 2.75) is 281 Å². The molecular weight excluding hydrogens is 840 g/mol. The van der Waals surface area contributed by atoms with Crippen LogP contribution in [0.4, 0.5) is 0 Å². The first-order valence-corrected chi connectivity index (χ1v) is 27.5. The van der Waals surface area contributed by atoms with Crippen LogP contribution in [-0.4, -0.2) is 98.3 Å². The molecule has 1 aliphatic carbocycles. The average Bonchev–Trinajstić information content (AvgIpc) is 3.28. The van der Waals surface area contributed by atoms with Crippen molar-refractivity contribution in [1.29, 1.82) is 0 Å². The smallest absolute Gasteiger partial charge is 0.462 e. The maximum atomic E-state index is 12.8. The molecule has 1 rings (SSSR count). The zero-order valence-electron chi connectivity index (χ0n) is 40.3. The molecular formula is C50H95O13P. The van der Waals surface area contributed by atoms with E-state index in [0.717, 1.165) is 57.8 Å². The Morgan fingerprint density at radius 2 is 0.797 bits per heavy atom. The molecule has 8 atom stereocenters. The minimum absolute atomic E-state index is 0.0960. The van der Waals surface area contributed by atoms with Crippen molar-refractivity contribution in [2.75, 3.05) is 13.2 Å². The fourth-order valence-electron chi connectivity index (χ4n) is 8.17. The lowest BCUT2D eigenvalue weighted by molar-refractivity contribution is -0.220. The molecule has 6 unspecified atom stereocenters. The second kappa shape index (κ2) is 40.6. The number of phosphoric ester groups is 1. The number of esters is 2. The van der Waals surface area contributed by atoms with Crippen LogP contribution in [0, 0.1) is 0 Å². The summed E-state index contributed by atoms with van der Waals surface area (Å²) in [5, 5.41) is 50.2. The van der Waals surface area contributed by atoms with Crippen LogP contribution in [0.5, 0.6) is 0 Å². The number of ether oxygens (including phenoxy) is 2. The molecule has 0 radical (unpaired) electrons. The van der Waals surface area contributed by atoms with Crippen molar-refractivity contribution in [3.05, 3.63) is 12.2 Å². The topological polar surface area (TPSA) is 210 Å². The number of carbonyl (C=O) groups is 2. The summed E-state index contributed by atoms with van der Waals surface area (Å²) in [5.41, 5.74) is 0. The van der Waals surface area contributed by atoms with E-state index in [1.807, 2.05) is 0 Å². The Labute approximate surface area is 388 Å². The molecule has 1 fully saturated rings. The molecule has 6 N–H and O–H groups in total. The highest BCUT2D eigenvalue weighted by molar-refractivity contribution is 7.47. The number of hydrogen-bond acceptors (Lipinski definition) is 12. The first kappa shape index (κ1) is 60.6. The van der Waals surface area contributed by atoms with Crippen molar-refractivity contribution in [2.24, 2.45) is 0 Å². The van der Waals surface area contributed by atoms with Crippen molar-refractivity contribution < 1.29 is 63.1 Å². The molecule has 0 spiro atoms. The molecule has 0 aromatic carbocycles. The molecule has 0 aromatic rings. The van der Waals surface area contributed by atoms with Gasteiger partial charge in [-0.05, 0) is 38.5 Å². The molecule has 0 amide bonds. The van der Waals surface area contributed by atoms with Crippen LogP contribution in [0.2, 0.25) is 0 Å². The molecule has 14 heteroatoms. The molecule has 13 nitrogen and oxygen atoms in total. The van der Waals surface area contributed by atoms with Gasteiger partial charge in [-0.15, -0.1) is 0 Å². The van der Waals surface area contributed by atoms with Gasteiger partial charge in [0.2, 0.25) is 0 Å². The molecule has 64 heavy (non-hydrogen) atoms. The van der Waals surface area contributed by atoms with Gasteiger partial charge in [0.05, 0.1) is 6.61 Å². The summed E-state index contributed by atoms with van der Waals surface area (Å²) in [6, 6.07) is 0. The lowest BCUT2D eigenvalue weighted by Crippen LogP contribution is -2.64. The van der Waals surface area contributed by atoms with E-state index in [-0.39, 0.29) is 12.8 Å². The number of aliphatic hydroxyl groups excluding tert-OH is 5. The fraction of sp³-hybridized carbons (Fsp3) is 0.920. The minimum atomic E-state index is -5.12. The van der Waals surface area contributed by atoms with E-state index in [1.165, 1.54) is 141 Å².